The zero-order valence-electron chi connectivity index (χ0n) is 11.2. The average Bonchev–Trinajstić information content (AvgIpc) is 2.32. The molecule has 1 aromatic carbocycles. The van der Waals surface area contributed by atoms with Crippen LogP contribution in [0.25, 0.3) is 0 Å². The molecule has 1 unspecified atom stereocenters. The van der Waals surface area contributed by atoms with E-state index in [4.69, 9.17) is 11.6 Å². The Morgan fingerprint density at radius 2 is 2.11 bits per heavy atom. The second-order valence-corrected chi connectivity index (χ2v) is 5.17. The molecule has 1 atom stereocenters. The van der Waals surface area contributed by atoms with Gasteiger partial charge in [-0.1, -0.05) is 32.4 Å². The van der Waals surface area contributed by atoms with Crippen LogP contribution in [0.5, 0.6) is 0 Å². The van der Waals surface area contributed by atoms with Crippen molar-refractivity contribution in [2.24, 2.45) is 5.92 Å². The molecule has 0 aliphatic rings. The summed E-state index contributed by atoms with van der Waals surface area (Å²) in [6.07, 6.45) is 0.399. The van der Waals surface area contributed by atoms with Gasteiger partial charge in [-0.15, -0.1) is 0 Å². The molecule has 1 rings (SSSR count). The number of nitrogens with one attached hydrogen (secondary N) is 1. The number of nitrogens with zero attached hydrogens (tertiary/aromatic N) is 1. The van der Waals surface area contributed by atoms with E-state index in [2.05, 4.69) is 5.32 Å². The lowest BCUT2D eigenvalue weighted by Crippen LogP contribution is -2.35. The number of rotatable bonds is 6. The topological polar surface area (TPSA) is 55.2 Å². The first-order chi connectivity index (χ1) is 8.86. The summed E-state index contributed by atoms with van der Waals surface area (Å²) in [6.45, 7) is 6.76. The summed E-state index contributed by atoms with van der Waals surface area (Å²) >= 11 is 5.60. The monoisotopic (exact) mass is 288 g/mol. The van der Waals surface area contributed by atoms with Crippen molar-refractivity contribution in [1.82, 2.24) is 5.32 Å². The number of nitro groups is 1. The molecule has 1 aromatic rings. The van der Waals surface area contributed by atoms with Gasteiger partial charge < -0.3 is 5.32 Å². The molecule has 6 heteroatoms. The maximum Gasteiger partial charge on any atom is 0.274 e. The molecule has 4 nitrogen and oxygen atoms in total. The Labute approximate surface area is 117 Å². The third-order valence-corrected chi connectivity index (χ3v) is 3.32. The van der Waals surface area contributed by atoms with Gasteiger partial charge in [0, 0.05) is 17.7 Å². The molecule has 0 aromatic heterocycles. The van der Waals surface area contributed by atoms with E-state index in [0.29, 0.717) is 17.9 Å². The van der Waals surface area contributed by atoms with Crippen molar-refractivity contribution in [3.63, 3.8) is 0 Å². The van der Waals surface area contributed by atoms with Crippen LogP contribution >= 0.6 is 11.6 Å². The van der Waals surface area contributed by atoms with Crippen molar-refractivity contribution >= 4 is 17.3 Å². The van der Waals surface area contributed by atoms with E-state index < -0.39 is 10.7 Å². The van der Waals surface area contributed by atoms with Gasteiger partial charge in [-0.2, -0.15) is 0 Å². The molecular weight excluding hydrogens is 271 g/mol. The quantitative estimate of drug-likeness (QED) is 0.643. The highest BCUT2D eigenvalue weighted by Crippen LogP contribution is 2.28. The third-order valence-electron chi connectivity index (χ3n) is 3.03. The molecule has 0 aliphatic carbocycles. The predicted molar refractivity (Wildman–Crippen MR) is 74.1 cm³/mol. The van der Waals surface area contributed by atoms with Gasteiger partial charge in [-0.3, -0.25) is 10.1 Å². The first kappa shape index (κ1) is 15.9. The van der Waals surface area contributed by atoms with Gasteiger partial charge in [0.1, 0.15) is 5.82 Å². The van der Waals surface area contributed by atoms with E-state index >= 15 is 0 Å². The van der Waals surface area contributed by atoms with E-state index in [1.54, 1.807) is 0 Å². The third kappa shape index (κ3) is 4.14. The standard InChI is InChI=1S/C13H18ClFN2O2/c1-4-16-12(8(2)3)6-9-5-11(15)10(14)7-13(9)17(18)19/h5,7-8,12,16H,4,6H2,1-3H3. The molecule has 0 bridgehead atoms. The fourth-order valence-corrected chi connectivity index (χ4v) is 2.11. The van der Waals surface area contributed by atoms with Crippen LogP contribution in [0.15, 0.2) is 12.1 Å². The predicted octanol–water partition coefficient (Wildman–Crippen LogP) is 3.56. The van der Waals surface area contributed by atoms with Gasteiger partial charge in [-0.05, 0) is 24.9 Å². The van der Waals surface area contributed by atoms with E-state index in [1.807, 2.05) is 20.8 Å². The molecule has 106 valence electrons. The van der Waals surface area contributed by atoms with Crippen LogP contribution < -0.4 is 5.32 Å². The van der Waals surface area contributed by atoms with Gasteiger partial charge in [-0.25, -0.2) is 4.39 Å². The number of halogens is 2. The number of benzene rings is 1. The molecule has 1 N–H and O–H groups in total. The zero-order valence-corrected chi connectivity index (χ0v) is 12.0. The van der Waals surface area contributed by atoms with Gasteiger partial charge in [0.25, 0.3) is 5.69 Å². The van der Waals surface area contributed by atoms with Gasteiger partial charge in [0.15, 0.2) is 0 Å². The second kappa shape index (κ2) is 6.82. The van der Waals surface area contributed by atoms with Crippen LogP contribution in [-0.2, 0) is 6.42 Å². The highest BCUT2D eigenvalue weighted by Gasteiger charge is 2.22. The van der Waals surface area contributed by atoms with Crippen molar-refractivity contribution in [2.45, 2.75) is 33.2 Å². The molecule has 0 heterocycles. The fraction of sp³-hybridized carbons (Fsp3) is 0.538. The summed E-state index contributed by atoms with van der Waals surface area (Å²) in [5.41, 5.74) is 0.238. The van der Waals surface area contributed by atoms with Crippen molar-refractivity contribution in [1.29, 1.82) is 0 Å². The lowest BCUT2D eigenvalue weighted by atomic mass is 9.95. The number of nitro benzene ring substituents is 1. The Kier molecular flexibility index (Phi) is 5.69. The van der Waals surface area contributed by atoms with E-state index in [-0.39, 0.29) is 16.8 Å². The van der Waals surface area contributed by atoms with Crippen molar-refractivity contribution < 1.29 is 9.31 Å². The number of likely N-dealkylation sites (N-methyl/N-ethyl adjacent to an activating group) is 1. The molecule has 0 amide bonds. The van der Waals surface area contributed by atoms with Crippen LogP contribution in [0.3, 0.4) is 0 Å². The Hall–Kier alpha value is -1.20. The SMILES string of the molecule is CCNC(Cc1cc(F)c(Cl)cc1[N+](=O)[O-])C(C)C. The summed E-state index contributed by atoms with van der Waals surface area (Å²) in [4.78, 5) is 10.5. The van der Waals surface area contributed by atoms with E-state index in [0.717, 1.165) is 18.7 Å². The highest BCUT2D eigenvalue weighted by molar-refractivity contribution is 6.31. The maximum absolute atomic E-state index is 13.5. The van der Waals surface area contributed by atoms with Crippen LogP contribution in [-0.4, -0.2) is 17.5 Å². The van der Waals surface area contributed by atoms with Gasteiger partial charge >= 0.3 is 0 Å². The van der Waals surface area contributed by atoms with Gasteiger partial charge in [0.05, 0.1) is 9.95 Å². The summed E-state index contributed by atoms with van der Waals surface area (Å²) in [6, 6.07) is 2.30. The molecule has 0 radical (unpaired) electrons. The number of hydrogen-bond donors (Lipinski definition) is 1. The Bertz CT molecular complexity index is 466. The van der Waals surface area contributed by atoms with Gasteiger partial charge in [0.2, 0.25) is 0 Å². The highest BCUT2D eigenvalue weighted by atomic mass is 35.5. The Morgan fingerprint density at radius 1 is 1.47 bits per heavy atom. The molecule has 0 saturated carbocycles. The summed E-state index contributed by atoms with van der Waals surface area (Å²) in [7, 11) is 0. The number of hydrogen-bond acceptors (Lipinski definition) is 3. The summed E-state index contributed by atoms with van der Waals surface area (Å²) < 4.78 is 13.5. The van der Waals surface area contributed by atoms with Crippen LogP contribution in [0, 0.1) is 21.8 Å². The van der Waals surface area contributed by atoms with Crippen molar-refractivity contribution in [3.8, 4) is 0 Å². The molecular formula is C13H18ClFN2O2. The summed E-state index contributed by atoms with van der Waals surface area (Å²) in [5.74, 6) is -0.334. The normalized spacial score (nSPS) is 12.7. The van der Waals surface area contributed by atoms with Crippen LogP contribution in [0.1, 0.15) is 26.3 Å². The smallest absolute Gasteiger partial charge is 0.274 e. The minimum Gasteiger partial charge on any atom is -0.314 e. The average molecular weight is 289 g/mol. The molecule has 19 heavy (non-hydrogen) atoms. The minimum atomic E-state index is -0.624. The Morgan fingerprint density at radius 3 is 2.58 bits per heavy atom. The first-order valence-electron chi connectivity index (χ1n) is 6.22. The fourth-order valence-electron chi connectivity index (χ4n) is 1.95. The second-order valence-electron chi connectivity index (χ2n) is 4.76. The largest absolute Gasteiger partial charge is 0.314 e. The van der Waals surface area contributed by atoms with Crippen LogP contribution in [0.4, 0.5) is 10.1 Å². The molecule has 0 saturated heterocycles. The zero-order chi connectivity index (χ0) is 14.6. The lowest BCUT2D eigenvalue weighted by Gasteiger charge is -2.21. The molecule has 0 fully saturated rings. The molecule has 0 spiro atoms. The minimum absolute atomic E-state index is 0.0595. The lowest BCUT2D eigenvalue weighted by molar-refractivity contribution is -0.385. The van der Waals surface area contributed by atoms with E-state index in [1.165, 1.54) is 0 Å². The van der Waals surface area contributed by atoms with Crippen molar-refractivity contribution in [3.05, 3.63) is 38.7 Å². The Balaban J connectivity index is 3.10. The summed E-state index contributed by atoms with van der Waals surface area (Å²) in [5, 5.41) is 14.0. The van der Waals surface area contributed by atoms with E-state index in [9.17, 15) is 14.5 Å². The first-order valence-corrected chi connectivity index (χ1v) is 6.60. The maximum atomic E-state index is 13.5. The van der Waals surface area contributed by atoms with Crippen LogP contribution in [0.2, 0.25) is 5.02 Å². The van der Waals surface area contributed by atoms with Crippen molar-refractivity contribution in [2.75, 3.05) is 6.54 Å². The molecule has 0 aliphatic heterocycles.